The summed E-state index contributed by atoms with van der Waals surface area (Å²) >= 11 is 0.780. The summed E-state index contributed by atoms with van der Waals surface area (Å²) in [4.78, 5) is 49.6. The number of phenolic OH excluding ortho intramolecular Hbond substituents is 2. The number of nitrogens with two attached hydrogens (primary N) is 1. The first-order chi connectivity index (χ1) is 25.4. The molecule has 0 radical (unpaired) electrons. The Morgan fingerprint density at radius 2 is 1.74 bits per heavy atom. The number of phenols is 2. The molecule has 18 nitrogen and oxygen atoms in total. The molecule has 1 fully saturated rings. The highest BCUT2D eigenvalue weighted by Crippen LogP contribution is 2.57. The minimum atomic E-state index is -4.49. The maximum absolute atomic E-state index is 13.6. The van der Waals surface area contributed by atoms with Crippen LogP contribution in [0.5, 0.6) is 23.0 Å². The summed E-state index contributed by atoms with van der Waals surface area (Å²) in [6.07, 6.45) is -2.81. The molecular weight excluding hydrogens is 735 g/mol. The molecule has 8 rings (SSSR count). The van der Waals surface area contributed by atoms with Crippen molar-refractivity contribution in [2.24, 2.45) is 0 Å². The monoisotopic (exact) mass is 764 g/mol. The number of imidazole rings is 1. The molecule has 20 heteroatoms. The summed E-state index contributed by atoms with van der Waals surface area (Å²) in [6, 6.07) is 13.4. The van der Waals surface area contributed by atoms with Crippen molar-refractivity contribution in [1.82, 2.24) is 24.6 Å². The van der Waals surface area contributed by atoms with Gasteiger partial charge >= 0.3 is 13.7 Å². The summed E-state index contributed by atoms with van der Waals surface area (Å²) in [6.45, 7) is -0.762. The molecule has 0 saturated carbocycles. The first-order valence-corrected chi connectivity index (χ1v) is 18.5. The quantitative estimate of drug-likeness (QED) is 0.0644. The molecule has 0 amide bonds. The van der Waals surface area contributed by atoms with E-state index in [4.69, 9.17) is 24.5 Å². The van der Waals surface area contributed by atoms with E-state index in [9.17, 15) is 39.5 Å². The SMILES string of the molecule is Nc1ncnc2c1ncn2[C@@H]1O[C@H](COP(=O)(O)NCCSC(=O)c2cccc3c2C(=O)OC32c3ccc(O)cc3Oc3cc(O)ccc32)[C@@H](O)[C@H]1O. The highest BCUT2D eigenvalue weighted by atomic mass is 32.2. The van der Waals surface area contributed by atoms with Crippen molar-refractivity contribution in [3.8, 4) is 23.0 Å². The maximum atomic E-state index is 13.6. The highest BCUT2D eigenvalue weighted by molar-refractivity contribution is 8.14. The van der Waals surface area contributed by atoms with Crippen LogP contribution in [-0.2, 0) is 24.2 Å². The van der Waals surface area contributed by atoms with Gasteiger partial charge in [0.25, 0.3) is 0 Å². The summed E-state index contributed by atoms with van der Waals surface area (Å²) in [5, 5.41) is 43.4. The summed E-state index contributed by atoms with van der Waals surface area (Å²) in [5.74, 6) is -0.512. The van der Waals surface area contributed by atoms with Crippen molar-refractivity contribution in [2.45, 2.75) is 30.1 Å². The van der Waals surface area contributed by atoms with Gasteiger partial charge in [-0.25, -0.2) is 29.4 Å². The largest absolute Gasteiger partial charge is 0.508 e. The van der Waals surface area contributed by atoms with Crippen molar-refractivity contribution in [2.75, 3.05) is 24.6 Å². The lowest BCUT2D eigenvalue weighted by Crippen LogP contribution is -2.34. The first kappa shape index (κ1) is 34.9. The van der Waals surface area contributed by atoms with Gasteiger partial charge in [0.1, 0.15) is 53.2 Å². The Morgan fingerprint density at radius 3 is 2.45 bits per heavy atom. The number of ether oxygens (including phenoxy) is 3. The second-order valence-electron chi connectivity index (χ2n) is 12.3. The number of thioether (sulfide) groups is 1. The van der Waals surface area contributed by atoms with Gasteiger partial charge in [-0.3, -0.25) is 13.9 Å². The van der Waals surface area contributed by atoms with E-state index in [1.807, 2.05) is 0 Å². The molecule has 5 heterocycles. The van der Waals surface area contributed by atoms with E-state index in [1.165, 1.54) is 47.6 Å². The standard InChI is InChI=1S/C33H29N6O12PS/c34-28-25-29(36-13-35-28)39(14-37-25)30-27(43)26(42)23(50-30)12-48-52(46,47)38-8-9-53-32(45)17-2-1-3-20-24(17)31(44)51-33(20)18-6-4-15(40)10-21(18)49-22-11-16(41)5-7-19(22)33/h1-7,10-11,13-14,23,26-27,30,40-43H,8-9,12H2,(H2,34,35,36)(H2,38,46,47)/t23-,26-,27-,30-/m1/s1. The van der Waals surface area contributed by atoms with Crippen LogP contribution >= 0.6 is 19.5 Å². The highest BCUT2D eigenvalue weighted by Gasteiger charge is 2.54. The van der Waals surface area contributed by atoms with E-state index in [-0.39, 0.29) is 63.4 Å². The predicted octanol–water partition coefficient (Wildman–Crippen LogP) is 2.29. The predicted molar refractivity (Wildman–Crippen MR) is 184 cm³/mol. The number of nitrogens with zero attached hydrogens (tertiary/aromatic N) is 4. The molecule has 1 spiro atoms. The fraction of sp³-hybridized carbons (Fsp3) is 0.242. The Hall–Kier alpha value is -5.11. The summed E-state index contributed by atoms with van der Waals surface area (Å²) in [5.41, 5.74) is 5.99. The van der Waals surface area contributed by atoms with Crippen LogP contribution in [0.3, 0.4) is 0 Å². The van der Waals surface area contributed by atoms with Gasteiger partial charge in [0.2, 0.25) is 5.12 Å². The smallest absolute Gasteiger partial charge is 0.403 e. The van der Waals surface area contributed by atoms with Crippen molar-refractivity contribution in [1.29, 1.82) is 0 Å². The van der Waals surface area contributed by atoms with Gasteiger partial charge in [0, 0.05) is 46.7 Å². The number of rotatable bonds is 9. The number of nitrogen functional groups attached to an aromatic ring is 1. The van der Waals surface area contributed by atoms with E-state index in [0.717, 1.165) is 11.8 Å². The van der Waals surface area contributed by atoms with Crippen molar-refractivity contribution in [3.63, 3.8) is 0 Å². The number of benzene rings is 3. The normalized spacial score (nSPS) is 22.1. The third-order valence-corrected chi connectivity index (χ3v) is 11.1. The molecule has 3 aromatic carbocycles. The number of hydrogen-bond donors (Lipinski definition) is 7. The topological polar surface area (TPSA) is 271 Å². The molecule has 1 unspecified atom stereocenters. The van der Waals surface area contributed by atoms with E-state index in [0.29, 0.717) is 16.7 Å². The summed E-state index contributed by atoms with van der Waals surface area (Å²) < 4.78 is 37.1. The van der Waals surface area contributed by atoms with Gasteiger partial charge in [-0.2, -0.15) is 0 Å². The molecule has 2 aromatic heterocycles. The number of carbonyl (C=O) groups excluding carboxylic acids is 2. The molecule has 5 aromatic rings. The second-order valence-corrected chi connectivity index (χ2v) is 14.9. The van der Waals surface area contributed by atoms with E-state index in [1.54, 1.807) is 24.3 Å². The Morgan fingerprint density at radius 1 is 1.02 bits per heavy atom. The third-order valence-electron chi connectivity index (χ3n) is 9.08. The zero-order valence-corrected chi connectivity index (χ0v) is 28.8. The molecule has 0 aliphatic carbocycles. The molecule has 53 heavy (non-hydrogen) atoms. The first-order valence-electron chi connectivity index (χ1n) is 15.9. The zero-order valence-electron chi connectivity index (χ0n) is 27.1. The molecule has 5 atom stereocenters. The zero-order chi connectivity index (χ0) is 37.2. The molecule has 3 aliphatic rings. The van der Waals surface area contributed by atoms with E-state index < -0.39 is 55.6 Å². The number of aliphatic hydroxyl groups is 2. The van der Waals surface area contributed by atoms with Crippen LogP contribution < -0.4 is 15.6 Å². The number of carbonyl (C=O) groups is 2. The average molecular weight is 765 g/mol. The number of anilines is 1. The lowest BCUT2D eigenvalue weighted by atomic mass is 9.77. The van der Waals surface area contributed by atoms with E-state index >= 15 is 0 Å². The van der Waals surface area contributed by atoms with Crippen LogP contribution in [0.15, 0.2) is 67.3 Å². The molecule has 8 N–H and O–H groups in total. The lowest BCUT2D eigenvalue weighted by molar-refractivity contribution is -0.0487. The van der Waals surface area contributed by atoms with Gasteiger partial charge in [-0.1, -0.05) is 23.9 Å². The molecule has 1 saturated heterocycles. The summed E-state index contributed by atoms with van der Waals surface area (Å²) in [7, 11) is -4.49. The van der Waals surface area contributed by atoms with Gasteiger partial charge in [0.15, 0.2) is 23.3 Å². The Kier molecular flexibility index (Phi) is 8.62. The van der Waals surface area contributed by atoms with Crippen molar-refractivity contribution < 1.29 is 58.2 Å². The van der Waals surface area contributed by atoms with Gasteiger partial charge in [-0.05, 0) is 30.3 Å². The molecule has 3 aliphatic heterocycles. The number of aromatic hydroxyl groups is 2. The van der Waals surface area contributed by atoms with Crippen LogP contribution in [0.25, 0.3) is 11.2 Å². The Bertz CT molecular complexity index is 2310. The molecular formula is C33H29N6O12PS. The molecule has 0 bridgehead atoms. The van der Waals surface area contributed by atoms with Crippen LogP contribution in [0.2, 0.25) is 0 Å². The van der Waals surface area contributed by atoms with E-state index in [2.05, 4.69) is 20.0 Å². The van der Waals surface area contributed by atoms with Crippen LogP contribution in [-0.4, -0.2) is 93.1 Å². The number of fused-ring (bicyclic) bond motifs is 7. The van der Waals surface area contributed by atoms with Gasteiger partial charge < -0.3 is 45.3 Å². The second kappa shape index (κ2) is 13.1. The average Bonchev–Trinajstić information content (AvgIpc) is 3.78. The number of aromatic nitrogens is 4. The number of aliphatic hydroxyl groups excluding tert-OH is 2. The number of nitrogens with one attached hydrogen (secondary N) is 1. The fourth-order valence-electron chi connectivity index (χ4n) is 6.70. The van der Waals surface area contributed by atoms with Crippen molar-refractivity contribution in [3.05, 3.63) is 95.1 Å². The van der Waals surface area contributed by atoms with Crippen molar-refractivity contribution >= 4 is 47.6 Å². The fourth-order valence-corrected chi connectivity index (χ4v) is 8.40. The minimum Gasteiger partial charge on any atom is -0.508 e. The number of esters is 1. The third kappa shape index (κ3) is 5.87. The lowest BCUT2D eigenvalue weighted by Gasteiger charge is -2.36. The maximum Gasteiger partial charge on any atom is 0.403 e. The Balaban J connectivity index is 0.925. The van der Waals surface area contributed by atoms with Gasteiger partial charge in [0.05, 0.1) is 18.5 Å². The van der Waals surface area contributed by atoms with Crippen LogP contribution in [0.4, 0.5) is 5.82 Å². The Labute approximate surface area is 302 Å². The van der Waals surface area contributed by atoms with Gasteiger partial charge in [-0.15, -0.1) is 0 Å². The minimum absolute atomic E-state index is 0.0172. The number of hydrogen-bond acceptors (Lipinski definition) is 16. The molecule has 274 valence electrons. The van der Waals surface area contributed by atoms with Crippen LogP contribution in [0, 0.1) is 0 Å². The van der Waals surface area contributed by atoms with Crippen LogP contribution in [0.1, 0.15) is 43.6 Å².